The third-order valence-corrected chi connectivity index (χ3v) is 6.43. The number of benzene rings is 1. The zero-order valence-corrected chi connectivity index (χ0v) is 17.0. The van der Waals surface area contributed by atoms with Gasteiger partial charge in [-0.15, -0.1) is 0 Å². The summed E-state index contributed by atoms with van der Waals surface area (Å²) in [6.45, 7) is 0.469. The van der Waals surface area contributed by atoms with E-state index in [9.17, 15) is 18.0 Å². The Kier molecular flexibility index (Phi) is 5.38. The van der Waals surface area contributed by atoms with Crippen LogP contribution in [0, 0.1) is 11.3 Å². The van der Waals surface area contributed by atoms with Crippen molar-refractivity contribution in [1.29, 1.82) is 5.41 Å². The number of aromatic nitrogens is 1. The van der Waals surface area contributed by atoms with Crippen LogP contribution in [0.2, 0.25) is 0 Å². The highest BCUT2D eigenvalue weighted by Crippen LogP contribution is 2.45. The van der Waals surface area contributed by atoms with E-state index in [0.29, 0.717) is 23.0 Å². The number of aliphatic imine (C=N–C) groups is 1. The molecule has 2 aromatic rings. The maximum Gasteiger partial charge on any atom is 0.416 e. The number of guanidine groups is 1. The van der Waals surface area contributed by atoms with Crippen molar-refractivity contribution in [2.45, 2.75) is 11.7 Å². The van der Waals surface area contributed by atoms with Crippen molar-refractivity contribution in [2.24, 2.45) is 16.6 Å². The largest absolute Gasteiger partial charge is 0.416 e. The Morgan fingerprint density at radius 1 is 1.29 bits per heavy atom. The van der Waals surface area contributed by atoms with Crippen LogP contribution in [-0.4, -0.2) is 45.8 Å². The molecule has 0 spiro atoms. The molecule has 1 amide bonds. The summed E-state index contributed by atoms with van der Waals surface area (Å²) in [6, 6.07) is 10.5. The molecule has 0 saturated carbocycles. The molecule has 2 atom stereocenters. The minimum absolute atomic E-state index is 0.104. The molecule has 4 rings (SSSR count). The molecular formula is C20H19F3N6OS. The Morgan fingerprint density at radius 3 is 2.71 bits per heavy atom. The van der Waals surface area contributed by atoms with Gasteiger partial charge in [-0.25, -0.2) is 4.99 Å². The Hall–Kier alpha value is -3.08. The van der Waals surface area contributed by atoms with Crippen LogP contribution in [0.1, 0.15) is 21.6 Å². The van der Waals surface area contributed by atoms with E-state index >= 15 is 0 Å². The number of hydrogen-bond acceptors (Lipinski definition) is 5. The van der Waals surface area contributed by atoms with E-state index < -0.39 is 17.3 Å². The van der Waals surface area contributed by atoms with Crippen LogP contribution < -0.4 is 11.1 Å². The van der Waals surface area contributed by atoms with E-state index in [1.165, 1.54) is 11.8 Å². The summed E-state index contributed by atoms with van der Waals surface area (Å²) in [6.07, 6.45) is -3.42. The molecule has 1 fully saturated rings. The van der Waals surface area contributed by atoms with E-state index in [-0.39, 0.29) is 30.0 Å². The van der Waals surface area contributed by atoms with Crippen molar-refractivity contribution in [1.82, 2.24) is 15.2 Å². The Balaban J connectivity index is 1.74. The molecule has 0 unspecified atom stereocenters. The number of pyridine rings is 1. The topological polar surface area (TPSA) is 107 Å². The summed E-state index contributed by atoms with van der Waals surface area (Å²) in [5.41, 5.74) is 4.27. The minimum atomic E-state index is -4.53. The van der Waals surface area contributed by atoms with Crippen LogP contribution in [0.3, 0.4) is 0 Å². The van der Waals surface area contributed by atoms with Crippen molar-refractivity contribution in [3.05, 3.63) is 65.5 Å². The molecule has 4 N–H and O–H groups in total. The summed E-state index contributed by atoms with van der Waals surface area (Å²) < 4.78 is 40.0. The quantitative estimate of drug-likeness (QED) is 0.484. The third kappa shape index (κ3) is 4.09. The summed E-state index contributed by atoms with van der Waals surface area (Å²) in [7, 11) is 0. The lowest BCUT2D eigenvalue weighted by atomic mass is 9.84. The lowest BCUT2D eigenvalue weighted by Gasteiger charge is -2.34. The number of nitrogens with one attached hydrogen (secondary N) is 2. The fraction of sp³-hybridized carbons (Fsp3) is 0.300. The number of halogens is 3. The molecule has 1 aromatic heterocycles. The number of amidine groups is 1. The molecule has 11 heteroatoms. The van der Waals surface area contributed by atoms with Gasteiger partial charge in [0.1, 0.15) is 5.54 Å². The lowest BCUT2D eigenvalue weighted by Crippen LogP contribution is -2.43. The minimum Gasteiger partial charge on any atom is -0.370 e. The summed E-state index contributed by atoms with van der Waals surface area (Å²) in [5.74, 6) is -0.292. The first-order valence-electron chi connectivity index (χ1n) is 9.41. The smallest absolute Gasteiger partial charge is 0.370 e. The van der Waals surface area contributed by atoms with Gasteiger partial charge in [0.15, 0.2) is 11.1 Å². The van der Waals surface area contributed by atoms with Gasteiger partial charge in [0.05, 0.1) is 17.8 Å². The predicted octanol–water partition coefficient (Wildman–Crippen LogP) is 2.65. The van der Waals surface area contributed by atoms with Gasteiger partial charge in [0.25, 0.3) is 5.91 Å². The van der Waals surface area contributed by atoms with Crippen molar-refractivity contribution in [2.75, 3.05) is 18.8 Å². The zero-order valence-electron chi connectivity index (χ0n) is 16.2. The molecule has 7 nitrogen and oxygen atoms in total. The maximum atomic E-state index is 13.3. The van der Waals surface area contributed by atoms with Gasteiger partial charge in [0.2, 0.25) is 0 Å². The summed E-state index contributed by atoms with van der Waals surface area (Å²) >= 11 is 1.31. The van der Waals surface area contributed by atoms with Gasteiger partial charge in [-0.1, -0.05) is 30.0 Å². The predicted molar refractivity (Wildman–Crippen MR) is 112 cm³/mol. The molecule has 0 radical (unpaired) electrons. The molecule has 2 aliphatic heterocycles. The van der Waals surface area contributed by atoms with Crippen molar-refractivity contribution >= 4 is 28.8 Å². The van der Waals surface area contributed by atoms with Crippen LogP contribution in [-0.2, 0) is 11.7 Å². The molecule has 0 bridgehead atoms. The fourth-order valence-corrected chi connectivity index (χ4v) is 4.94. The molecule has 31 heavy (non-hydrogen) atoms. The first kappa shape index (κ1) is 21.2. The second kappa shape index (κ2) is 7.88. The van der Waals surface area contributed by atoms with Gasteiger partial charge < -0.3 is 16.0 Å². The average molecular weight is 448 g/mol. The lowest BCUT2D eigenvalue weighted by molar-refractivity contribution is -0.137. The van der Waals surface area contributed by atoms with Gasteiger partial charge in [-0.3, -0.25) is 15.2 Å². The van der Waals surface area contributed by atoms with E-state index in [2.05, 4.69) is 10.3 Å². The van der Waals surface area contributed by atoms with Gasteiger partial charge in [-0.05, 0) is 24.3 Å². The van der Waals surface area contributed by atoms with E-state index in [1.54, 1.807) is 35.2 Å². The average Bonchev–Trinajstić information content (AvgIpc) is 3.14. The SMILES string of the molecule is N=C(N)N1C[C@H]2CSC(NC(=O)c3ccccc3)=N[C@@]2(c2cc(C(F)(F)F)ccn2)C1. The van der Waals surface area contributed by atoms with Crippen LogP contribution >= 0.6 is 11.8 Å². The number of likely N-dealkylation sites (tertiary alicyclic amines) is 1. The highest BCUT2D eigenvalue weighted by Gasteiger charge is 2.52. The van der Waals surface area contributed by atoms with Gasteiger partial charge in [-0.2, -0.15) is 13.2 Å². The Morgan fingerprint density at radius 2 is 2.03 bits per heavy atom. The molecule has 0 aliphatic carbocycles. The van der Waals surface area contributed by atoms with Crippen LogP contribution in [0.5, 0.6) is 0 Å². The van der Waals surface area contributed by atoms with E-state index in [1.807, 2.05) is 0 Å². The molecule has 1 saturated heterocycles. The number of carbonyl (C=O) groups is 1. The van der Waals surface area contributed by atoms with Crippen molar-refractivity contribution in [3.8, 4) is 0 Å². The first-order valence-corrected chi connectivity index (χ1v) is 10.4. The monoisotopic (exact) mass is 448 g/mol. The second-order valence-corrected chi connectivity index (χ2v) is 8.37. The van der Waals surface area contributed by atoms with Crippen LogP contribution in [0.4, 0.5) is 13.2 Å². The number of nitrogens with zero attached hydrogens (tertiary/aromatic N) is 3. The highest BCUT2D eigenvalue weighted by molar-refractivity contribution is 8.13. The highest BCUT2D eigenvalue weighted by atomic mass is 32.2. The van der Waals surface area contributed by atoms with Gasteiger partial charge in [0, 0.05) is 30.0 Å². The Bertz CT molecular complexity index is 1040. The van der Waals surface area contributed by atoms with Crippen molar-refractivity contribution < 1.29 is 18.0 Å². The van der Waals surface area contributed by atoms with Crippen LogP contribution in [0.25, 0.3) is 0 Å². The molecule has 2 aliphatic rings. The summed E-state index contributed by atoms with van der Waals surface area (Å²) in [4.78, 5) is 23.0. The van der Waals surface area contributed by atoms with Crippen molar-refractivity contribution in [3.63, 3.8) is 0 Å². The Labute approximate surface area is 180 Å². The first-order chi connectivity index (χ1) is 14.7. The molecular weight excluding hydrogens is 429 g/mol. The molecule has 1 aromatic carbocycles. The maximum absolute atomic E-state index is 13.3. The third-order valence-electron chi connectivity index (χ3n) is 5.40. The number of amides is 1. The van der Waals surface area contributed by atoms with E-state index in [0.717, 1.165) is 18.3 Å². The second-order valence-electron chi connectivity index (χ2n) is 7.36. The molecule has 3 heterocycles. The van der Waals surface area contributed by atoms with E-state index in [4.69, 9.17) is 16.1 Å². The standard InChI is InChI=1S/C20H19F3N6OS/c21-20(22,23)13-6-7-26-15(8-13)19-11-29(17(24)25)9-14(19)10-31-18(28-19)27-16(30)12-4-2-1-3-5-12/h1-8,14H,9-11H2,(H3,24,25)(H,27,28,30)/t14-,19-/m0/s1. The number of rotatable bonds is 2. The molecule has 162 valence electrons. The van der Waals surface area contributed by atoms with Gasteiger partial charge >= 0.3 is 6.18 Å². The number of carbonyl (C=O) groups excluding carboxylic acids is 1. The van der Waals surface area contributed by atoms with Crippen LogP contribution in [0.15, 0.2) is 53.7 Å². The number of hydrogen-bond donors (Lipinski definition) is 3. The normalized spacial score (nSPS) is 23.1. The number of thioether (sulfide) groups is 1. The zero-order chi connectivity index (χ0) is 22.2. The number of alkyl halides is 3. The fourth-order valence-electron chi connectivity index (χ4n) is 3.81. The number of nitrogens with two attached hydrogens (primary N) is 1. The summed E-state index contributed by atoms with van der Waals surface area (Å²) in [5, 5.41) is 10.8. The number of fused-ring (bicyclic) bond motifs is 1.